The van der Waals surface area contributed by atoms with Gasteiger partial charge in [0.05, 0.1) is 12.1 Å². The lowest BCUT2D eigenvalue weighted by atomic mass is 10.0. The van der Waals surface area contributed by atoms with Crippen molar-refractivity contribution in [2.75, 3.05) is 31.1 Å². The number of carbonyl (C=O) groups excluding carboxylic acids is 1. The second kappa shape index (κ2) is 12.4. The molecule has 2 saturated heterocycles. The summed E-state index contributed by atoms with van der Waals surface area (Å²) in [5.74, 6) is -2.60. The molecule has 1 amide bonds. The van der Waals surface area contributed by atoms with Gasteiger partial charge in [0.25, 0.3) is 5.91 Å². The number of nitrogens with zero attached hydrogens (tertiary/aromatic N) is 3. The van der Waals surface area contributed by atoms with Gasteiger partial charge in [-0.3, -0.25) is 4.79 Å². The first-order valence-corrected chi connectivity index (χ1v) is 12.1. The van der Waals surface area contributed by atoms with E-state index in [9.17, 15) is 36.2 Å². The predicted molar refractivity (Wildman–Crippen MR) is 128 cm³/mol. The van der Waals surface area contributed by atoms with Crippen LogP contribution < -0.4 is 10.2 Å². The highest BCUT2D eigenvalue weighted by molar-refractivity contribution is 6.30. The molecule has 0 spiro atoms. The minimum atomic E-state index is -5.08. The van der Waals surface area contributed by atoms with Gasteiger partial charge in [0, 0.05) is 42.8 Å². The van der Waals surface area contributed by atoms with Gasteiger partial charge in [0.2, 0.25) is 0 Å². The third-order valence-electron chi connectivity index (χ3n) is 6.20. The lowest BCUT2D eigenvalue weighted by Gasteiger charge is -2.34. The Bertz CT molecular complexity index is 1140. The van der Waals surface area contributed by atoms with E-state index in [4.69, 9.17) is 21.5 Å². The largest absolute Gasteiger partial charge is 0.490 e. The normalized spacial score (nSPS) is 20.4. The average Bonchev–Trinajstić information content (AvgIpc) is 3.24. The van der Waals surface area contributed by atoms with Crippen molar-refractivity contribution in [2.24, 2.45) is 0 Å². The second-order valence-electron chi connectivity index (χ2n) is 9.00. The molecule has 1 aromatic heterocycles. The lowest BCUT2D eigenvalue weighted by Crippen LogP contribution is -2.50. The molecule has 2 aliphatic heterocycles. The molecule has 2 fully saturated rings. The van der Waals surface area contributed by atoms with Crippen LogP contribution in [-0.4, -0.2) is 82.5 Å². The number of nitrogens with one attached hydrogen (secondary N) is 1. The first-order valence-electron chi connectivity index (χ1n) is 11.7. The third-order valence-corrected chi connectivity index (χ3v) is 6.46. The molecule has 1 aromatic carbocycles. The molecule has 0 aliphatic carbocycles. The first-order chi connectivity index (χ1) is 18.1. The van der Waals surface area contributed by atoms with Gasteiger partial charge < -0.3 is 25.3 Å². The molecule has 8 nitrogen and oxygen atoms in total. The average molecular weight is 583 g/mol. The molecule has 0 saturated carbocycles. The van der Waals surface area contributed by atoms with E-state index in [0.29, 0.717) is 30.2 Å². The summed E-state index contributed by atoms with van der Waals surface area (Å²) in [6.07, 6.45) is -8.86. The zero-order valence-corrected chi connectivity index (χ0v) is 21.0. The van der Waals surface area contributed by atoms with Crippen LogP contribution in [0.4, 0.5) is 32.2 Å². The number of amides is 1. The van der Waals surface area contributed by atoms with Crippen molar-refractivity contribution in [1.82, 2.24) is 15.2 Å². The Balaban J connectivity index is 0.000000532. The van der Waals surface area contributed by atoms with Crippen molar-refractivity contribution in [2.45, 2.75) is 43.4 Å². The number of hydrogen-bond donors (Lipinski definition) is 3. The minimum Gasteiger partial charge on any atom is -0.475 e. The summed E-state index contributed by atoms with van der Waals surface area (Å²) >= 11 is 5.88. The van der Waals surface area contributed by atoms with Gasteiger partial charge in [-0.2, -0.15) is 26.3 Å². The van der Waals surface area contributed by atoms with E-state index in [0.717, 1.165) is 18.9 Å². The van der Waals surface area contributed by atoms with E-state index < -0.39 is 30.1 Å². The number of carbonyl (C=O) groups is 2. The number of anilines is 1. The number of aliphatic carboxylic acids is 1. The highest BCUT2D eigenvalue weighted by Crippen LogP contribution is 2.30. The summed E-state index contributed by atoms with van der Waals surface area (Å²) < 4.78 is 70.6. The fourth-order valence-corrected chi connectivity index (χ4v) is 4.35. The van der Waals surface area contributed by atoms with Gasteiger partial charge in [0.1, 0.15) is 11.5 Å². The van der Waals surface area contributed by atoms with Gasteiger partial charge in [0.15, 0.2) is 0 Å². The number of carboxylic acids is 1. The summed E-state index contributed by atoms with van der Waals surface area (Å²) in [6, 6.07) is 10.4. The SMILES string of the molecule is O=C(O)C(F)(F)F.O=C(c1ccc(Cl)cc1)N1CCC(N[C@@H]2CN(c3cccc(C(F)(F)F)n3)C[C@H]2O)CC1. The zero-order valence-electron chi connectivity index (χ0n) is 20.2. The summed E-state index contributed by atoms with van der Waals surface area (Å²) in [5, 5.41) is 21.6. The van der Waals surface area contributed by atoms with Crippen molar-refractivity contribution < 1.29 is 46.1 Å². The maximum Gasteiger partial charge on any atom is 0.490 e. The summed E-state index contributed by atoms with van der Waals surface area (Å²) in [4.78, 5) is 28.7. The number of benzene rings is 1. The maximum atomic E-state index is 13.0. The standard InChI is InChI=1S/C22H24ClF3N4O2.C2HF3O2/c23-15-6-4-14(5-7-15)21(32)29-10-8-16(9-11-29)27-17-12-30(13-18(17)31)20-3-1-2-19(28-20)22(24,25)26;3-2(4,5)1(6)7/h1-7,16-18,27,31H,8-13H2;(H,6,7)/t17-,18-;/m1./s1. The smallest absolute Gasteiger partial charge is 0.475 e. The Kier molecular flexibility index (Phi) is 9.67. The van der Waals surface area contributed by atoms with Crippen LogP contribution in [0.3, 0.4) is 0 Å². The highest BCUT2D eigenvalue weighted by Gasteiger charge is 2.38. The van der Waals surface area contributed by atoms with Gasteiger partial charge in [-0.25, -0.2) is 9.78 Å². The molecule has 3 N–H and O–H groups in total. The zero-order chi connectivity index (χ0) is 29.0. The van der Waals surface area contributed by atoms with Crippen LogP contribution in [0, 0.1) is 0 Å². The molecule has 39 heavy (non-hydrogen) atoms. The molecule has 2 aliphatic rings. The fourth-order valence-electron chi connectivity index (χ4n) is 4.22. The molecular formula is C24H25ClF6N4O4. The van der Waals surface area contributed by atoms with Crippen LogP contribution in [0.5, 0.6) is 0 Å². The van der Waals surface area contributed by atoms with Crippen molar-refractivity contribution in [1.29, 1.82) is 0 Å². The molecule has 0 unspecified atom stereocenters. The monoisotopic (exact) mass is 582 g/mol. The summed E-state index contributed by atoms with van der Waals surface area (Å²) in [6.45, 7) is 1.74. The quantitative estimate of drug-likeness (QED) is 0.471. The van der Waals surface area contributed by atoms with Crippen LogP contribution in [0.1, 0.15) is 28.9 Å². The Morgan fingerprint density at radius 3 is 2.10 bits per heavy atom. The molecule has 3 heterocycles. The Morgan fingerprint density at radius 1 is 0.974 bits per heavy atom. The maximum absolute atomic E-state index is 13.0. The highest BCUT2D eigenvalue weighted by atomic mass is 35.5. The molecule has 214 valence electrons. The Morgan fingerprint density at radius 2 is 1.56 bits per heavy atom. The third kappa shape index (κ3) is 8.44. The number of aromatic nitrogens is 1. The molecule has 4 rings (SSSR count). The molecule has 2 atom stereocenters. The van der Waals surface area contributed by atoms with Crippen LogP contribution >= 0.6 is 11.6 Å². The van der Waals surface area contributed by atoms with Crippen LogP contribution in [-0.2, 0) is 11.0 Å². The van der Waals surface area contributed by atoms with Crippen molar-refractivity contribution >= 4 is 29.3 Å². The second-order valence-corrected chi connectivity index (χ2v) is 9.44. The topological polar surface area (TPSA) is 106 Å². The van der Waals surface area contributed by atoms with E-state index in [1.54, 1.807) is 34.1 Å². The van der Waals surface area contributed by atoms with E-state index in [1.165, 1.54) is 12.1 Å². The van der Waals surface area contributed by atoms with Gasteiger partial charge in [-0.05, 0) is 49.2 Å². The van der Waals surface area contributed by atoms with E-state index in [-0.39, 0.29) is 30.4 Å². The number of carboxylic acid groups (broad SMARTS) is 1. The predicted octanol–water partition coefficient (Wildman–Crippen LogP) is 3.83. The van der Waals surface area contributed by atoms with Crippen molar-refractivity contribution in [3.63, 3.8) is 0 Å². The fraction of sp³-hybridized carbons (Fsp3) is 0.458. The summed E-state index contributed by atoms with van der Waals surface area (Å²) in [5.41, 5.74) is -0.352. The van der Waals surface area contributed by atoms with Crippen LogP contribution in [0.15, 0.2) is 42.5 Å². The molecule has 0 bridgehead atoms. The number of aliphatic hydroxyl groups is 1. The van der Waals surface area contributed by atoms with E-state index >= 15 is 0 Å². The van der Waals surface area contributed by atoms with E-state index in [2.05, 4.69) is 10.3 Å². The molecular weight excluding hydrogens is 558 g/mol. The first kappa shape index (κ1) is 30.4. The number of likely N-dealkylation sites (tertiary alicyclic amines) is 1. The number of hydrogen-bond acceptors (Lipinski definition) is 6. The minimum absolute atomic E-state index is 0.0391. The number of halogens is 7. The molecule has 15 heteroatoms. The number of pyridine rings is 1. The van der Waals surface area contributed by atoms with Gasteiger partial charge in [-0.15, -0.1) is 0 Å². The van der Waals surface area contributed by atoms with Crippen LogP contribution in [0.2, 0.25) is 5.02 Å². The molecule has 0 radical (unpaired) electrons. The number of aliphatic hydroxyl groups excluding tert-OH is 1. The van der Waals surface area contributed by atoms with Crippen molar-refractivity contribution in [3.8, 4) is 0 Å². The van der Waals surface area contributed by atoms with Gasteiger partial charge in [-0.1, -0.05) is 17.7 Å². The number of β-amino-alcohol motifs (C(OH)–C–C–N with tert-alkyl or cyclic N) is 1. The Hall–Kier alpha value is -3.10. The Labute approximate surface area is 224 Å². The number of rotatable bonds is 4. The number of alkyl halides is 6. The lowest BCUT2D eigenvalue weighted by molar-refractivity contribution is -0.192. The number of piperidine rings is 1. The van der Waals surface area contributed by atoms with Crippen molar-refractivity contribution in [3.05, 3.63) is 58.7 Å². The summed E-state index contributed by atoms with van der Waals surface area (Å²) in [7, 11) is 0. The van der Waals surface area contributed by atoms with Crippen LogP contribution in [0.25, 0.3) is 0 Å². The van der Waals surface area contributed by atoms with E-state index in [1.807, 2.05) is 0 Å². The van der Waals surface area contributed by atoms with Gasteiger partial charge >= 0.3 is 18.3 Å². The molecule has 2 aromatic rings.